The van der Waals surface area contributed by atoms with Gasteiger partial charge in [0.05, 0.1) is 0 Å². The minimum absolute atomic E-state index is 0.316. The van der Waals surface area contributed by atoms with Gasteiger partial charge in [-0.3, -0.25) is 0 Å². The Bertz CT molecular complexity index is 159. The van der Waals surface area contributed by atoms with Crippen molar-refractivity contribution in [2.75, 3.05) is 6.54 Å². The Morgan fingerprint density at radius 1 is 1.42 bits per heavy atom. The largest absolute Gasteiger partial charge is 0.307 e. The van der Waals surface area contributed by atoms with E-state index in [9.17, 15) is 0 Å². The summed E-state index contributed by atoms with van der Waals surface area (Å²) in [6.07, 6.45) is 6.63. The van der Waals surface area contributed by atoms with Crippen LogP contribution >= 0.6 is 11.6 Å². The molecule has 0 heterocycles. The van der Waals surface area contributed by atoms with Gasteiger partial charge < -0.3 is 5.32 Å². The summed E-state index contributed by atoms with van der Waals surface area (Å²) >= 11 is 5.70. The van der Waals surface area contributed by atoms with Crippen LogP contribution in [0.1, 0.15) is 39.0 Å². The molecule has 0 aromatic rings. The fraction of sp³-hybridized carbons (Fsp3) is 0.800. The van der Waals surface area contributed by atoms with Crippen LogP contribution in [0.3, 0.4) is 0 Å². The Morgan fingerprint density at radius 3 is 2.50 bits per heavy atom. The predicted molar refractivity (Wildman–Crippen MR) is 54.5 cm³/mol. The first-order valence-corrected chi connectivity index (χ1v) is 5.08. The molecule has 0 unspecified atom stereocenters. The molecule has 0 spiro atoms. The number of rotatable bonds is 3. The molecule has 0 aromatic carbocycles. The third-order valence-electron chi connectivity index (χ3n) is 2.66. The summed E-state index contributed by atoms with van der Waals surface area (Å²) in [4.78, 5) is 0. The maximum atomic E-state index is 5.70. The van der Waals surface area contributed by atoms with E-state index in [2.05, 4.69) is 18.8 Å². The van der Waals surface area contributed by atoms with Crippen LogP contribution in [-0.2, 0) is 0 Å². The second-order valence-electron chi connectivity index (χ2n) is 3.99. The van der Waals surface area contributed by atoms with Crippen molar-refractivity contribution in [3.63, 3.8) is 0 Å². The van der Waals surface area contributed by atoms with E-state index in [0.717, 1.165) is 6.54 Å². The SMILES string of the molecule is C=C(Cl)CNC1(C)CCCCC1. The Balaban J connectivity index is 2.31. The van der Waals surface area contributed by atoms with Crippen LogP contribution in [0.2, 0.25) is 0 Å². The van der Waals surface area contributed by atoms with Crippen molar-refractivity contribution in [2.24, 2.45) is 0 Å². The first-order valence-electron chi connectivity index (χ1n) is 4.71. The van der Waals surface area contributed by atoms with Gasteiger partial charge in [-0.25, -0.2) is 0 Å². The van der Waals surface area contributed by atoms with Crippen LogP contribution in [0, 0.1) is 0 Å². The molecule has 0 aromatic heterocycles. The van der Waals surface area contributed by atoms with Crippen molar-refractivity contribution in [3.8, 4) is 0 Å². The molecule has 0 bridgehead atoms. The van der Waals surface area contributed by atoms with Crippen LogP contribution in [0.25, 0.3) is 0 Å². The lowest BCUT2D eigenvalue weighted by Crippen LogP contribution is -2.44. The van der Waals surface area contributed by atoms with Gasteiger partial charge >= 0.3 is 0 Å². The smallest absolute Gasteiger partial charge is 0.0312 e. The minimum atomic E-state index is 0.316. The van der Waals surface area contributed by atoms with E-state index in [4.69, 9.17) is 11.6 Å². The van der Waals surface area contributed by atoms with Crippen molar-refractivity contribution in [3.05, 3.63) is 11.6 Å². The van der Waals surface area contributed by atoms with Crippen LogP contribution in [0.15, 0.2) is 11.6 Å². The van der Waals surface area contributed by atoms with Crippen molar-refractivity contribution in [1.82, 2.24) is 5.32 Å². The van der Waals surface area contributed by atoms with Gasteiger partial charge in [0.15, 0.2) is 0 Å². The lowest BCUT2D eigenvalue weighted by Gasteiger charge is -2.34. The van der Waals surface area contributed by atoms with Crippen LogP contribution in [-0.4, -0.2) is 12.1 Å². The van der Waals surface area contributed by atoms with Gasteiger partial charge in [0.25, 0.3) is 0 Å². The molecule has 70 valence electrons. The zero-order valence-electron chi connectivity index (χ0n) is 7.83. The lowest BCUT2D eigenvalue weighted by atomic mass is 9.83. The highest BCUT2D eigenvalue weighted by Gasteiger charge is 2.25. The second kappa shape index (κ2) is 4.29. The average Bonchev–Trinajstić information content (AvgIpc) is 2.03. The molecule has 0 amide bonds. The molecular weight excluding hydrogens is 170 g/mol. The van der Waals surface area contributed by atoms with Crippen LogP contribution in [0.5, 0.6) is 0 Å². The molecule has 1 aliphatic rings. The molecule has 1 fully saturated rings. The summed E-state index contributed by atoms with van der Waals surface area (Å²) in [6.45, 7) is 6.71. The zero-order chi connectivity index (χ0) is 9.03. The summed E-state index contributed by atoms with van der Waals surface area (Å²) < 4.78 is 0. The molecule has 0 atom stereocenters. The van der Waals surface area contributed by atoms with E-state index in [1.807, 2.05) is 0 Å². The Hall–Kier alpha value is -0.0100. The highest BCUT2D eigenvalue weighted by Crippen LogP contribution is 2.27. The van der Waals surface area contributed by atoms with Crippen LogP contribution in [0.4, 0.5) is 0 Å². The molecule has 2 heteroatoms. The summed E-state index contributed by atoms with van der Waals surface area (Å²) in [5.74, 6) is 0. The molecule has 1 aliphatic carbocycles. The number of halogens is 1. The zero-order valence-corrected chi connectivity index (χ0v) is 8.58. The van der Waals surface area contributed by atoms with Crippen molar-refractivity contribution in [1.29, 1.82) is 0 Å². The van der Waals surface area contributed by atoms with Gasteiger partial charge in [-0.05, 0) is 19.8 Å². The van der Waals surface area contributed by atoms with Crippen molar-refractivity contribution < 1.29 is 0 Å². The third kappa shape index (κ3) is 3.16. The molecular formula is C10H18ClN. The molecule has 12 heavy (non-hydrogen) atoms. The van der Waals surface area contributed by atoms with Crippen molar-refractivity contribution in [2.45, 2.75) is 44.6 Å². The summed E-state index contributed by atoms with van der Waals surface area (Å²) in [5, 5.41) is 4.18. The number of nitrogens with one attached hydrogen (secondary N) is 1. The number of hydrogen-bond acceptors (Lipinski definition) is 1. The maximum Gasteiger partial charge on any atom is 0.0312 e. The van der Waals surface area contributed by atoms with E-state index in [1.54, 1.807) is 0 Å². The second-order valence-corrected chi connectivity index (χ2v) is 4.53. The van der Waals surface area contributed by atoms with Gasteiger partial charge in [-0.15, -0.1) is 0 Å². The normalized spacial score (nSPS) is 22.2. The average molecular weight is 188 g/mol. The third-order valence-corrected chi connectivity index (χ3v) is 2.80. The maximum absolute atomic E-state index is 5.70. The Kier molecular flexibility index (Phi) is 3.60. The summed E-state index contributed by atoms with van der Waals surface area (Å²) in [6, 6.07) is 0. The molecule has 0 radical (unpaired) electrons. The predicted octanol–water partition coefficient (Wildman–Crippen LogP) is 3.05. The molecule has 1 saturated carbocycles. The van der Waals surface area contributed by atoms with E-state index in [-0.39, 0.29) is 0 Å². The Morgan fingerprint density at radius 2 is 2.00 bits per heavy atom. The van der Waals surface area contributed by atoms with E-state index >= 15 is 0 Å². The highest BCUT2D eigenvalue weighted by atomic mass is 35.5. The number of hydrogen-bond donors (Lipinski definition) is 1. The first kappa shape index (κ1) is 10.1. The summed E-state index contributed by atoms with van der Waals surface area (Å²) in [5.41, 5.74) is 0.316. The van der Waals surface area contributed by atoms with E-state index in [1.165, 1.54) is 32.1 Å². The highest BCUT2D eigenvalue weighted by molar-refractivity contribution is 6.29. The van der Waals surface area contributed by atoms with Gasteiger partial charge in [0.2, 0.25) is 0 Å². The van der Waals surface area contributed by atoms with E-state index in [0.29, 0.717) is 10.6 Å². The van der Waals surface area contributed by atoms with Gasteiger partial charge in [-0.2, -0.15) is 0 Å². The fourth-order valence-corrected chi connectivity index (χ4v) is 1.88. The van der Waals surface area contributed by atoms with Crippen molar-refractivity contribution >= 4 is 11.6 Å². The van der Waals surface area contributed by atoms with E-state index < -0.39 is 0 Å². The molecule has 1 rings (SSSR count). The molecule has 1 N–H and O–H groups in total. The van der Waals surface area contributed by atoms with Gasteiger partial charge in [0.1, 0.15) is 0 Å². The molecule has 0 aliphatic heterocycles. The lowest BCUT2D eigenvalue weighted by molar-refractivity contribution is 0.263. The minimum Gasteiger partial charge on any atom is -0.307 e. The monoisotopic (exact) mass is 187 g/mol. The summed E-state index contributed by atoms with van der Waals surface area (Å²) in [7, 11) is 0. The molecule has 0 saturated heterocycles. The first-order chi connectivity index (χ1) is 5.62. The fourth-order valence-electron chi connectivity index (χ4n) is 1.82. The van der Waals surface area contributed by atoms with Gasteiger partial charge in [0, 0.05) is 17.1 Å². The topological polar surface area (TPSA) is 12.0 Å². The Labute approximate surface area is 80.2 Å². The molecule has 1 nitrogen and oxygen atoms in total. The standard InChI is InChI=1S/C10H18ClN/c1-9(11)8-12-10(2)6-4-3-5-7-10/h12H,1,3-8H2,2H3. The van der Waals surface area contributed by atoms with Gasteiger partial charge in [-0.1, -0.05) is 37.4 Å². The quantitative estimate of drug-likeness (QED) is 0.716. The van der Waals surface area contributed by atoms with Crippen LogP contribution < -0.4 is 5.32 Å².